The molecule has 1 N–H and O–H groups in total. The highest BCUT2D eigenvalue weighted by Gasteiger charge is 2.38. The maximum Gasteiger partial charge on any atom is 0.416 e. The van der Waals surface area contributed by atoms with Crippen LogP contribution < -0.4 is 0 Å². The van der Waals surface area contributed by atoms with Gasteiger partial charge >= 0.3 is 12.1 Å². The first-order valence-corrected chi connectivity index (χ1v) is 9.86. The molecule has 3 unspecified atom stereocenters. The van der Waals surface area contributed by atoms with Crippen LogP contribution in [-0.2, 0) is 6.18 Å². The van der Waals surface area contributed by atoms with Gasteiger partial charge in [0.25, 0.3) is 0 Å². The molecule has 0 amide bonds. The second-order valence-corrected chi connectivity index (χ2v) is 7.98. The molecular weight excluding hydrogens is 379 g/mol. The number of hydrogen-bond donors (Lipinski definition) is 1. The Morgan fingerprint density at radius 3 is 2.31 bits per heavy atom. The van der Waals surface area contributed by atoms with E-state index < -0.39 is 17.7 Å². The molecule has 1 saturated carbocycles. The molecule has 6 heteroatoms. The largest absolute Gasteiger partial charge is 0.478 e. The predicted molar refractivity (Wildman–Crippen MR) is 106 cm³/mol. The lowest BCUT2D eigenvalue weighted by Gasteiger charge is -2.41. The van der Waals surface area contributed by atoms with Crippen molar-refractivity contribution in [3.8, 4) is 0 Å². The highest BCUT2D eigenvalue weighted by atomic mass is 19.4. The van der Waals surface area contributed by atoms with Gasteiger partial charge in [0.1, 0.15) is 0 Å². The summed E-state index contributed by atoms with van der Waals surface area (Å²) in [6.45, 7) is 0. The normalized spacial score (nSPS) is 21.2. The van der Waals surface area contributed by atoms with Crippen molar-refractivity contribution in [2.24, 2.45) is 5.92 Å². The highest BCUT2D eigenvalue weighted by Crippen LogP contribution is 2.47. The second-order valence-electron chi connectivity index (χ2n) is 7.98. The Hall–Kier alpha value is -2.34. The first kappa shape index (κ1) is 21.4. The molecule has 156 valence electrons. The Morgan fingerprint density at radius 1 is 1.07 bits per heavy atom. The first-order chi connectivity index (χ1) is 13.7. The van der Waals surface area contributed by atoms with Gasteiger partial charge in [-0.3, -0.25) is 0 Å². The maximum absolute atomic E-state index is 13.4. The van der Waals surface area contributed by atoms with E-state index in [-0.39, 0.29) is 23.4 Å². The van der Waals surface area contributed by atoms with Gasteiger partial charge in [0.05, 0.1) is 11.1 Å². The zero-order valence-corrected chi connectivity index (χ0v) is 16.6. The molecule has 29 heavy (non-hydrogen) atoms. The Morgan fingerprint density at radius 2 is 1.72 bits per heavy atom. The fourth-order valence-corrected chi connectivity index (χ4v) is 4.74. The summed E-state index contributed by atoms with van der Waals surface area (Å²) in [6, 6.07) is 12.9. The number of alkyl halides is 3. The molecule has 0 saturated heterocycles. The second kappa shape index (κ2) is 8.57. The third kappa shape index (κ3) is 4.64. The van der Waals surface area contributed by atoms with E-state index in [1.165, 1.54) is 0 Å². The minimum absolute atomic E-state index is 0.00214. The Labute approximate surface area is 169 Å². The van der Waals surface area contributed by atoms with Crippen LogP contribution in [0.5, 0.6) is 0 Å². The third-order valence-corrected chi connectivity index (χ3v) is 5.93. The van der Waals surface area contributed by atoms with Crippen LogP contribution in [0.3, 0.4) is 0 Å². The van der Waals surface area contributed by atoms with Gasteiger partial charge in [-0.15, -0.1) is 0 Å². The molecule has 1 aliphatic carbocycles. The first-order valence-electron chi connectivity index (χ1n) is 9.86. The van der Waals surface area contributed by atoms with Crippen LogP contribution >= 0.6 is 0 Å². The highest BCUT2D eigenvalue weighted by molar-refractivity contribution is 5.89. The average Bonchev–Trinajstić information content (AvgIpc) is 2.68. The van der Waals surface area contributed by atoms with Gasteiger partial charge in [-0.25, -0.2) is 4.79 Å². The number of carboxylic acid groups (broad SMARTS) is 1. The number of aromatic carboxylic acids is 1. The number of nitrogens with zero attached hydrogens (tertiary/aromatic N) is 1. The SMILES string of the molecule is CN(C)C(c1ccccc1)C1CCCCC1c1cc(C(F)(F)F)ccc1C(=O)O. The van der Waals surface area contributed by atoms with Gasteiger partial charge in [0, 0.05) is 6.04 Å². The molecule has 0 bridgehead atoms. The van der Waals surface area contributed by atoms with E-state index in [0.29, 0.717) is 12.0 Å². The zero-order chi connectivity index (χ0) is 21.2. The van der Waals surface area contributed by atoms with Gasteiger partial charge in [-0.1, -0.05) is 43.2 Å². The molecular formula is C23H26F3NO2. The number of hydrogen-bond acceptors (Lipinski definition) is 2. The Balaban J connectivity index is 2.11. The number of benzene rings is 2. The minimum atomic E-state index is -4.50. The van der Waals surface area contributed by atoms with Crippen molar-refractivity contribution >= 4 is 5.97 Å². The Bertz CT molecular complexity index is 849. The van der Waals surface area contributed by atoms with Crippen LogP contribution in [0.1, 0.15) is 64.7 Å². The van der Waals surface area contributed by atoms with Crippen LogP contribution in [0.15, 0.2) is 48.5 Å². The number of carbonyl (C=O) groups is 1. The van der Waals surface area contributed by atoms with Crippen molar-refractivity contribution < 1.29 is 23.1 Å². The fourth-order valence-electron chi connectivity index (χ4n) is 4.74. The van der Waals surface area contributed by atoms with Gasteiger partial charge in [-0.05, 0) is 68.1 Å². The predicted octanol–water partition coefficient (Wildman–Crippen LogP) is 5.98. The Kier molecular flexibility index (Phi) is 6.32. The van der Waals surface area contributed by atoms with E-state index in [1.54, 1.807) is 0 Å². The maximum atomic E-state index is 13.4. The van der Waals surface area contributed by atoms with Gasteiger partial charge in [0.15, 0.2) is 0 Å². The summed E-state index contributed by atoms with van der Waals surface area (Å²) in [5.74, 6) is -1.40. The standard InChI is InChI=1S/C23H26F3NO2/c1-27(2)21(15-8-4-3-5-9-15)18-11-7-6-10-17(18)20-14-16(23(24,25)26)12-13-19(20)22(28)29/h3-5,8-9,12-14,17-18,21H,6-7,10-11H2,1-2H3,(H,28,29). The van der Waals surface area contributed by atoms with E-state index in [1.807, 2.05) is 44.4 Å². The van der Waals surface area contributed by atoms with Crippen molar-refractivity contribution in [2.45, 2.75) is 43.8 Å². The van der Waals surface area contributed by atoms with Crippen molar-refractivity contribution in [3.05, 3.63) is 70.8 Å². The summed E-state index contributed by atoms with van der Waals surface area (Å²) in [5, 5.41) is 9.65. The molecule has 0 radical (unpaired) electrons. The lowest BCUT2D eigenvalue weighted by molar-refractivity contribution is -0.137. The third-order valence-electron chi connectivity index (χ3n) is 5.93. The van der Waals surface area contributed by atoms with Crippen molar-refractivity contribution in [2.75, 3.05) is 14.1 Å². The van der Waals surface area contributed by atoms with E-state index >= 15 is 0 Å². The summed E-state index contributed by atoms with van der Waals surface area (Å²) in [7, 11) is 3.93. The van der Waals surface area contributed by atoms with Crippen molar-refractivity contribution in [1.29, 1.82) is 0 Å². The minimum Gasteiger partial charge on any atom is -0.478 e. The van der Waals surface area contributed by atoms with E-state index in [4.69, 9.17) is 0 Å². The van der Waals surface area contributed by atoms with Crippen LogP contribution in [0.25, 0.3) is 0 Å². The molecule has 2 aromatic carbocycles. The average molecular weight is 405 g/mol. The number of rotatable bonds is 5. The summed E-state index contributed by atoms with van der Waals surface area (Å²) in [5.41, 5.74) is 0.585. The number of carboxylic acids is 1. The molecule has 2 aromatic rings. The molecule has 3 atom stereocenters. The summed E-state index contributed by atoms with van der Waals surface area (Å²) < 4.78 is 40.1. The summed E-state index contributed by atoms with van der Waals surface area (Å²) in [4.78, 5) is 13.9. The molecule has 1 fully saturated rings. The zero-order valence-electron chi connectivity index (χ0n) is 16.6. The molecule has 0 heterocycles. The quantitative estimate of drug-likeness (QED) is 0.665. The van der Waals surface area contributed by atoms with Crippen LogP contribution in [-0.4, -0.2) is 30.1 Å². The van der Waals surface area contributed by atoms with Crippen LogP contribution in [0.4, 0.5) is 13.2 Å². The fraction of sp³-hybridized carbons (Fsp3) is 0.435. The number of halogens is 3. The molecule has 3 rings (SSSR count). The van der Waals surface area contributed by atoms with Crippen molar-refractivity contribution in [3.63, 3.8) is 0 Å². The molecule has 0 aliphatic heterocycles. The van der Waals surface area contributed by atoms with Crippen LogP contribution in [0, 0.1) is 5.92 Å². The van der Waals surface area contributed by atoms with E-state index in [0.717, 1.165) is 43.0 Å². The van der Waals surface area contributed by atoms with E-state index in [2.05, 4.69) is 4.90 Å². The lowest BCUT2D eigenvalue weighted by atomic mass is 9.69. The van der Waals surface area contributed by atoms with Crippen LogP contribution in [0.2, 0.25) is 0 Å². The van der Waals surface area contributed by atoms with Gasteiger partial charge < -0.3 is 10.0 Å². The lowest BCUT2D eigenvalue weighted by Crippen LogP contribution is -2.33. The smallest absolute Gasteiger partial charge is 0.416 e. The van der Waals surface area contributed by atoms with Gasteiger partial charge in [-0.2, -0.15) is 13.2 Å². The molecule has 0 aromatic heterocycles. The topological polar surface area (TPSA) is 40.5 Å². The monoisotopic (exact) mass is 405 g/mol. The molecule has 0 spiro atoms. The summed E-state index contributed by atoms with van der Waals surface area (Å²) >= 11 is 0. The van der Waals surface area contributed by atoms with Crippen molar-refractivity contribution in [1.82, 2.24) is 4.90 Å². The molecule has 1 aliphatic rings. The summed E-state index contributed by atoms with van der Waals surface area (Å²) in [6.07, 6.45) is -1.11. The van der Waals surface area contributed by atoms with Gasteiger partial charge in [0.2, 0.25) is 0 Å². The van der Waals surface area contributed by atoms with E-state index in [9.17, 15) is 23.1 Å². The molecule has 3 nitrogen and oxygen atoms in total.